The van der Waals surface area contributed by atoms with Crippen LogP contribution in [0.15, 0.2) is 4.79 Å². The largest absolute Gasteiger partial charge is 0.342 e. The maximum Gasteiger partial charge on any atom is 0.271 e. The van der Waals surface area contributed by atoms with Gasteiger partial charge in [-0.15, -0.1) is 0 Å². The molecule has 1 aromatic rings. The molecule has 1 fully saturated rings. The van der Waals surface area contributed by atoms with E-state index < -0.39 is 0 Å². The summed E-state index contributed by atoms with van der Waals surface area (Å²) in [6.07, 6.45) is 2.32. The second kappa shape index (κ2) is 3.61. The van der Waals surface area contributed by atoms with Gasteiger partial charge in [0.1, 0.15) is 5.02 Å². The van der Waals surface area contributed by atoms with Crippen LogP contribution in [-0.4, -0.2) is 23.1 Å². The van der Waals surface area contributed by atoms with Gasteiger partial charge in [-0.1, -0.05) is 11.6 Å². The molecule has 1 saturated heterocycles. The van der Waals surface area contributed by atoms with Crippen molar-refractivity contribution in [2.45, 2.75) is 19.8 Å². The van der Waals surface area contributed by atoms with Crippen molar-refractivity contribution in [3.63, 3.8) is 0 Å². The molecule has 0 atom stereocenters. The molecule has 1 aliphatic heterocycles. The molecular formula is C9H12ClN3O. The number of hydrogen-bond acceptors (Lipinski definition) is 3. The van der Waals surface area contributed by atoms with Crippen molar-refractivity contribution in [3.05, 3.63) is 21.1 Å². The van der Waals surface area contributed by atoms with Gasteiger partial charge in [0.25, 0.3) is 5.56 Å². The Morgan fingerprint density at radius 1 is 1.43 bits per heavy atom. The number of aromatic nitrogens is 2. The average molecular weight is 214 g/mol. The fraction of sp³-hybridized carbons (Fsp3) is 0.556. The molecule has 14 heavy (non-hydrogen) atoms. The van der Waals surface area contributed by atoms with Gasteiger partial charge in [0.15, 0.2) is 0 Å². The summed E-state index contributed by atoms with van der Waals surface area (Å²) in [7, 11) is 0. The Labute approximate surface area is 86.9 Å². The number of aryl methyl sites for hydroxylation is 1. The second-order valence-corrected chi connectivity index (χ2v) is 3.86. The topological polar surface area (TPSA) is 49.0 Å². The predicted molar refractivity (Wildman–Crippen MR) is 56.1 cm³/mol. The highest BCUT2D eigenvalue weighted by atomic mass is 35.5. The molecule has 0 saturated carbocycles. The van der Waals surface area contributed by atoms with Crippen molar-refractivity contribution in [2.75, 3.05) is 18.0 Å². The van der Waals surface area contributed by atoms with Crippen molar-refractivity contribution in [1.82, 2.24) is 9.97 Å². The Morgan fingerprint density at radius 2 is 2.07 bits per heavy atom. The van der Waals surface area contributed by atoms with E-state index in [0.29, 0.717) is 11.6 Å². The van der Waals surface area contributed by atoms with E-state index in [1.54, 1.807) is 6.92 Å². The van der Waals surface area contributed by atoms with Gasteiger partial charge in [-0.3, -0.25) is 9.78 Å². The molecule has 0 amide bonds. The Bertz CT molecular complexity index is 396. The van der Waals surface area contributed by atoms with Gasteiger partial charge in [0.05, 0.1) is 5.69 Å². The average Bonchev–Trinajstić information content (AvgIpc) is 2.66. The van der Waals surface area contributed by atoms with Gasteiger partial charge in [-0.05, 0) is 19.8 Å². The lowest BCUT2D eigenvalue weighted by atomic mass is 10.4. The molecule has 2 heterocycles. The summed E-state index contributed by atoms with van der Waals surface area (Å²) in [5, 5.41) is 0.188. The summed E-state index contributed by atoms with van der Waals surface area (Å²) in [5.74, 6) is 0.648. The first kappa shape index (κ1) is 9.52. The molecule has 0 spiro atoms. The maximum atomic E-state index is 11.4. The van der Waals surface area contributed by atoms with Gasteiger partial charge < -0.3 is 4.90 Å². The summed E-state index contributed by atoms with van der Waals surface area (Å²) in [6, 6.07) is 0. The van der Waals surface area contributed by atoms with Gasteiger partial charge in [-0.25, -0.2) is 4.98 Å². The fourth-order valence-corrected chi connectivity index (χ4v) is 1.72. The Kier molecular flexibility index (Phi) is 2.46. The predicted octanol–water partition coefficient (Wildman–Crippen LogP) is 1.33. The lowest BCUT2D eigenvalue weighted by molar-refractivity contribution is 0.880. The number of aromatic amines is 1. The van der Waals surface area contributed by atoms with E-state index in [1.807, 2.05) is 0 Å². The fourth-order valence-electron chi connectivity index (χ4n) is 1.64. The van der Waals surface area contributed by atoms with E-state index in [4.69, 9.17) is 11.6 Å². The van der Waals surface area contributed by atoms with Crippen LogP contribution in [0, 0.1) is 6.92 Å². The molecule has 0 radical (unpaired) electrons. The molecule has 2 rings (SSSR count). The van der Waals surface area contributed by atoms with E-state index in [-0.39, 0.29) is 10.6 Å². The van der Waals surface area contributed by atoms with Crippen molar-refractivity contribution >= 4 is 17.5 Å². The lowest BCUT2D eigenvalue weighted by Crippen LogP contribution is -2.24. The second-order valence-electron chi connectivity index (χ2n) is 3.48. The van der Waals surface area contributed by atoms with Crippen LogP contribution in [0.3, 0.4) is 0 Å². The molecule has 1 aromatic heterocycles. The van der Waals surface area contributed by atoms with Crippen LogP contribution in [0.1, 0.15) is 18.5 Å². The molecule has 1 aliphatic rings. The Morgan fingerprint density at radius 3 is 2.64 bits per heavy atom. The van der Waals surface area contributed by atoms with Crippen molar-refractivity contribution in [3.8, 4) is 0 Å². The lowest BCUT2D eigenvalue weighted by Gasteiger charge is -2.15. The van der Waals surface area contributed by atoms with E-state index in [0.717, 1.165) is 25.9 Å². The first-order valence-electron chi connectivity index (χ1n) is 4.70. The molecular weight excluding hydrogens is 202 g/mol. The minimum atomic E-state index is -0.249. The van der Waals surface area contributed by atoms with Gasteiger partial charge in [-0.2, -0.15) is 0 Å². The van der Waals surface area contributed by atoms with E-state index in [9.17, 15) is 4.79 Å². The SMILES string of the molecule is Cc1nc(N2CCCC2)[nH]c(=O)c1Cl. The highest BCUT2D eigenvalue weighted by molar-refractivity contribution is 6.30. The minimum Gasteiger partial charge on any atom is -0.342 e. The highest BCUT2D eigenvalue weighted by Gasteiger charge is 2.15. The third-order valence-electron chi connectivity index (χ3n) is 2.42. The molecule has 0 bridgehead atoms. The molecule has 0 aliphatic carbocycles. The molecule has 4 nitrogen and oxygen atoms in total. The first-order valence-corrected chi connectivity index (χ1v) is 5.07. The van der Waals surface area contributed by atoms with Crippen LogP contribution in [0.5, 0.6) is 0 Å². The zero-order chi connectivity index (χ0) is 10.1. The van der Waals surface area contributed by atoms with E-state index >= 15 is 0 Å². The van der Waals surface area contributed by atoms with Crippen LogP contribution < -0.4 is 10.5 Å². The zero-order valence-electron chi connectivity index (χ0n) is 8.01. The normalized spacial score (nSPS) is 16.3. The summed E-state index contributed by atoms with van der Waals surface area (Å²) in [5.41, 5.74) is 0.346. The van der Waals surface area contributed by atoms with Crippen LogP contribution in [-0.2, 0) is 0 Å². The summed E-state index contributed by atoms with van der Waals surface area (Å²) in [4.78, 5) is 20.4. The molecule has 0 aromatic carbocycles. The molecule has 5 heteroatoms. The molecule has 76 valence electrons. The zero-order valence-corrected chi connectivity index (χ0v) is 8.76. The number of H-pyrrole nitrogens is 1. The van der Waals surface area contributed by atoms with Gasteiger partial charge in [0, 0.05) is 13.1 Å². The quantitative estimate of drug-likeness (QED) is 0.766. The smallest absolute Gasteiger partial charge is 0.271 e. The number of hydrogen-bond donors (Lipinski definition) is 1. The Balaban J connectivity index is 2.39. The van der Waals surface area contributed by atoms with Crippen LogP contribution in [0.2, 0.25) is 5.02 Å². The monoisotopic (exact) mass is 213 g/mol. The minimum absolute atomic E-state index is 0.188. The molecule has 0 unspecified atom stereocenters. The van der Waals surface area contributed by atoms with Gasteiger partial charge >= 0.3 is 0 Å². The molecule has 1 N–H and O–H groups in total. The first-order chi connectivity index (χ1) is 6.68. The number of rotatable bonds is 1. The Hall–Kier alpha value is -1.03. The number of halogens is 1. The summed E-state index contributed by atoms with van der Waals surface area (Å²) >= 11 is 5.73. The summed E-state index contributed by atoms with van der Waals surface area (Å²) < 4.78 is 0. The standard InChI is InChI=1S/C9H12ClN3O/c1-6-7(10)8(14)12-9(11-6)13-4-2-3-5-13/h2-5H2,1H3,(H,11,12,14). The van der Waals surface area contributed by atoms with Gasteiger partial charge in [0.2, 0.25) is 5.95 Å². The number of anilines is 1. The van der Waals surface area contributed by atoms with Crippen molar-refractivity contribution < 1.29 is 0 Å². The number of nitrogens with zero attached hydrogens (tertiary/aromatic N) is 2. The third-order valence-corrected chi connectivity index (χ3v) is 2.87. The van der Waals surface area contributed by atoms with E-state index in [2.05, 4.69) is 14.9 Å². The van der Waals surface area contributed by atoms with Crippen LogP contribution in [0.25, 0.3) is 0 Å². The highest BCUT2D eigenvalue weighted by Crippen LogP contribution is 2.16. The van der Waals surface area contributed by atoms with Crippen molar-refractivity contribution in [1.29, 1.82) is 0 Å². The third kappa shape index (κ3) is 1.62. The summed E-state index contributed by atoms with van der Waals surface area (Å²) in [6.45, 7) is 3.67. The van der Waals surface area contributed by atoms with Crippen molar-refractivity contribution in [2.24, 2.45) is 0 Å². The van der Waals surface area contributed by atoms with E-state index in [1.165, 1.54) is 0 Å². The van der Waals surface area contributed by atoms with Crippen LogP contribution >= 0.6 is 11.6 Å². The number of nitrogens with one attached hydrogen (secondary N) is 1. The maximum absolute atomic E-state index is 11.4. The van der Waals surface area contributed by atoms with Crippen LogP contribution in [0.4, 0.5) is 5.95 Å².